The minimum Gasteiger partial charge on any atom is -0.484 e. The monoisotopic (exact) mass is 417 g/mol. The molecule has 0 aliphatic carbocycles. The van der Waals surface area contributed by atoms with E-state index in [1.165, 1.54) is 0 Å². The van der Waals surface area contributed by atoms with E-state index in [2.05, 4.69) is 22.6 Å². The number of ether oxygens (including phenoxy) is 3. The van der Waals surface area contributed by atoms with E-state index in [9.17, 15) is 4.79 Å². The third-order valence-corrected chi connectivity index (χ3v) is 4.74. The molecule has 1 aromatic rings. The predicted octanol–water partition coefficient (Wildman–Crippen LogP) is 2.28. The summed E-state index contributed by atoms with van der Waals surface area (Å²) in [6.45, 7) is 2.88. The fourth-order valence-electron chi connectivity index (χ4n) is 2.87. The van der Waals surface area contributed by atoms with Crippen molar-refractivity contribution in [2.24, 2.45) is 5.92 Å². The van der Waals surface area contributed by atoms with Crippen LogP contribution in [0, 0.1) is 9.49 Å². The van der Waals surface area contributed by atoms with Gasteiger partial charge < -0.3 is 19.1 Å². The van der Waals surface area contributed by atoms with Crippen molar-refractivity contribution in [2.75, 3.05) is 32.9 Å². The van der Waals surface area contributed by atoms with Gasteiger partial charge in [-0.05, 0) is 59.7 Å². The minimum absolute atomic E-state index is 0.0289. The van der Waals surface area contributed by atoms with Gasteiger partial charge in [0.05, 0.1) is 13.2 Å². The minimum atomic E-state index is -0.146. The van der Waals surface area contributed by atoms with Crippen LogP contribution in [0.4, 0.5) is 0 Å². The second kappa shape index (κ2) is 7.61. The Morgan fingerprint density at radius 1 is 1.27 bits per heavy atom. The van der Waals surface area contributed by atoms with Gasteiger partial charge in [-0.3, -0.25) is 4.79 Å². The standard InChI is InChI=1S/C16H20INO4/c17-13-3-5-14(6-4-13)22-11-15(19)18-7-1-2-12(10-18)16-20-8-9-21-16/h3-6,12,16H,1-2,7-11H2. The molecule has 2 aliphatic heterocycles. The van der Waals surface area contributed by atoms with Gasteiger partial charge in [0.15, 0.2) is 12.9 Å². The summed E-state index contributed by atoms with van der Waals surface area (Å²) >= 11 is 2.24. The summed E-state index contributed by atoms with van der Waals surface area (Å²) < 4.78 is 17.9. The number of hydrogen-bond acceptors (Lipinski definition) is 4. The fourth-order valence-corrected chi connectivity index (χ4v) is 3.23. The van der Waals surface area contributed by atoms with E-state index in [0.29, 0.717) is 19.8 Å². The molecule has 0 spiro atoms. The first kappa shape index (κ1) is 16.0. The number of hydrogen-bond donors (Lipinski definition) is 0. The van der Waals surface area contributed by atoms with Crippen LogP contribution in [-0.4, -0.2) is 50.0 Å². The maximum atomic E-state index is 12.3. The van der Waals surface area contributed by atoms with E-state index in [1.54, 1.807) is 0 Å². The van der Waals surface area contributed by atoms with Gasteiger partial charge in [-0.25, -0.2) is 0 Å². The molecule has 2 fully saturated rings. The first-order valence-corrected chi connectivity index (χ1v) is 8.69. The molecule has 6 heteroatoms. The lowest BCUT2D eigenvalue weighted by atomic mass is 9.97. The van der Waals surface area contributed by atoms with Crippen LogP contribution in [0.15, 0.2) is 24.3 Å². The Labute approximate surface area is 144 Å². The molecule has 3 rings (SSSR count). The van der Waals surface area contributed by atoms with Gasteiger partial charge in [0, 0.05) is 22.6 Å². The van der Waals surface area contributed by atoms with Crippen LogP contribution in [0.2, 0.25) is 0 Å². The number of carbonyl (C=O) groups is 1. The van der Waals surface area contributed by atoms with Crippen molar-refractivity contribution in [3.63, 3.8) is 0 Å². The van der Waals surface area contributed by atoms with Gasteiger partial charge in [0.1, 0.15) is 5.75 Å². The molecule has 0 bridgehead atoms. The number of halogens is 1. The van der Waals surface area contributed by atoms with E-state index in [1.807, 2.05) is 29.2 Å². The zero-order valence-corrected chi connectivity index (χ0v) is 14.5. The summed E-state index contributed by atoms with van der Waals surface area (Å²) in [7, 11) is 0. The van der Waals surface area contributed by atoms with Gasteiger partial charge >= 0.3 is 0 Å². The predicted molar refractivity (Wildman–Crippen MR) is 89.7 cm³/mol. The number of amides is 1. The van der Waals surface area contributed by atoms with Crippen molar-refractivity contribution >= 4 is 28.5 Å². The summed E-state index contributed by atoms with van der Waals surface area (Å²) in [4.78, 5) is 14.2. The Kier molecular flexibility index (Phi) is 5.54. The molecule has 2 saturated heterocycles. The van der Waals surface area contributed by atoms with Gasteiger partial charge in [-0.15, -0.1) is 0 Å². The Hall–Kier alpha value is -0.860. The molecule has 1 aromatic carbocycles. The summed E-state index contributed by atoms with van der Waals surface area (Å²) in [5, 5.41) is 0. The molecule has 120 valence electrons. The average molecular weight is 417 g/mol. The highest BCUT2D eigenvalue weighted by Gasteiger charge is 2.32. The van der Waals surface area contributed by atoms with Crippen LogP contribution in [0.5, 0.6) is 5.75 Å². The summed E-state index contributed by atoms with van der Waals surface area (Å²) in [6.07, 6.45) is 1.89. The van der Waals surface area contributed by atoms with E-state index in [-0.39, 0.29) is 24.7 Å². The van der Waals surface area contributed by atoms with Crippen molar-refractivity contribution in [2.45, 2.75) is 19.1 Å². The van der Waals surface area contributed by atoms with Gasteiger partial charge in [-0.1, -0.05) is 0 Å². The Morgan fingerprint density at radius 2 is 2.00 bits per heavy atom. The second-order valence-corrected chi connectivity index (χ2v) is 6.84. The first-order valence-electron chi connectivity index (χ1n) is 7.62. The lowest BCUT2D eigenvalue weighted by Gasteiger charge is -2.34. The van der Waals surface area contributed by atoms with Crippen molar-refractivity contribution in [3.05, 3.63) is 27.8 Å². The van der Waals surface area contributed by atoms with Crippen LogP contribution in [0.25, 0.3) is 0 Å². The van der Waals surface area contributed by atoms with E-state index < -0.39 is 0 Å². The Bertz CT molecular complexity index is 501. The molecule has 0 saturated carbocycles. The molecule has 0 aromatic heterocycles. The summed E-state index contributed by atoms with van der Waals surface area (Å²) in [5.41, 5.74) is 0. The van der Waals surface area contributed by atoms with E-state index >= 15 is 0 Å². The highest BCUT2D eigenvalue weighted by Crippen LogP contribution is 2.25. The highest BCUT2D eigenvalue weighted by molar-refractivity contribution is 14.1. The molecule has 22 heavy (non-hydrogen) atoms. The molecular formula is C16H20INO4. The maximum Gasteiger partial charge on any atom is 0.260 e. The van der Waals surface area contributed by atoms with E-state index in [0.717, 1.165) is 28.7 Å². The number of rotatable bonds is 4. The fraction of sp³-hybridized carbons (Fsp3) is 0.562. The number of benzene rings is 1. The maximum absolute atomic E-state index is 12.3. The highest BCUT2D eigenvalue weighted by atomic mass is 127. The number of carbonyl (C=O) groups excluding carboxylic acids is 1. The SMILES string of the molecule is O=C(COc1ccc(I)cc1)N1CCCC(C2OCCO2)C1. The van der Waals surface area contributed by atoms with E-state index in [4.69, 9.17) is 14.2 Å². The molecule has 0 N–H and O–H groups in total. The van der Waals surface area contributed by atoms with Crippen molar-refractivity contribution in [3.8, 4) is 5.75 Å². The average Bonchev–Trinajstić information content (AvgIpc) is 3.09. The summed E-state index contributed by atoms with van der Waals surface area (Å²) in [5.74, 6) is 1.03. The van der Waals surface area contributed by atoms with Crippen LogP contribution >= 0.6 is 22.6 Å². The molecule has 1 unspecified atom stereocenters. The Morgan fingerprint density at radius 3 is 2.73 bits per heavy atom. The molecule has 2 heterocycles. The lowest BCUT2D eigenvalue weighted by molar-refractivity contribution is -0.141. The number of nitrogens with zero attached hydrogens (tertiary/aromatic N) is 1. The largest absolute Gasteiger partial charge is 0.484 e. The Balaban J connectivity index is 1.49. The molecular weight excluding hydrogens is 397 g/mol. The van der Waals surface area contributed by atoms with Crippen LogP contribution in [0.3, 0.4) is 0 Å². The molecule has 1 atom stereocenters. The van der Waals surface area contributed by atoms with Crippen LogP contribution in [0.1, 0.15) is 12.8 Å². The van der Waals surface area contributed by atoms with Gasteiger partial charge in [0.25, 0.3) is 5.91 Å². The lowest BCUT2D eigenvalue weighted by Crippen LogP contribution is -2.45. The zero-order chi connectivity index (χ0) is 15.4. The second-order valence-electron chi connectivity index (χ2n) is 5.59. The molecule has 5 nitrogen and oxygen atoms in total. The first-order chi connectivity index (χ1) is 10.7. The zero-order valence-electron chi connectivity index (χ0n) is 12.4. The van der Waals surface area contributed by atoms with Crippen molar-refractivity contribution in [1.82, 2.24) is 4.90 Å². The third kappa shape index (κ3) is 4.11. The van der Waals surface area contributed by atoms with Crippen molar-refractivity contribution in [1.29, 1.82) is 0 Å². The number of piperidine rings is 1. The third-order valence-electron chi connectivity index (χ3n) is 4.02. The molecule has 1 amide bonds. The topological polar surface area (TPSA) is 48.0 Å². The summed E-state index contributed by atoms with van der Waals surface area (Å²) in [6, 6.07) is 7.70. The normalized spacial score (nSPS) is 22.8. The number of likely N-dealkylation sites (tertiary alicyclic amines) is 1. The molecule has 0 radical (unpaired) electrons. The van der Waals surface area contributed by atoms with Crippen molar-refractivity contribution < 1.29 is 19.0 Å². The van der Waals surface area contributed by atoms with Crippen LogP contribution in [-0.2, 0) is 14.3 Å². The quantitative estimate of drug-likeness (QED) is 0.706. The van der Waals surface area contributed by atoms with Gasteiger partial charge in [-0.2, -0.15) is 0 Å². The smallest absolute Gasteiger partial charge is 0.260 e. The molecule has 2 aliphatic rings. The van der Waals surface area contributed by atoms with Crippen LogP contribution < -0.4 is 4.74 Å². The van der Waals surface area contributed by atoms with Gasteiger partial charge in [0.2, 0.25) is 0 Å².